The summed E-state index contributed by atoms with van der Waals surface area (Å²) in [6, 6.07) is 5.01. The van der Waals surface area contributed by atoms with E-state index in [1.165, 1.54) is 0 Å². The highest BCUT2D eigenvalue weighted by Crippen LogP contribution is 2.33. The number of aromatic amines is 2. The first kappa shape index (κ1) is 16.5. The third-order valence-corrected chi connectivity index (χ3v) is 3.88. The lowest BCUT2D eigenvalue weighted by Crippen LogP contribution is -2.31. The Kier molecular flexibility index (Phi) is 4.38. The summed E-state index contributed by atoms with van der Waals surface area (Å²) in [5.74, 6) is 0.480. The number of fused-ring (bicyclic) bond motifs is 2. The van der Waals surface area contributed by atoms with Gasteiger partial charge >= 0.3 is 5.69 Å². The van der Waals surface area contributed by atoms with E-state index in [2.05, 4.69) is 23.1 Å². The molecule has 1 amide bonds. The van der Waals surface area contributed by atoms with E-state index in [-0.39, 0.29) is 18.2 Å². The fourth-order valence-corrected chi connectivity index (χ4v) is 2.72. The van der Waals surface area contributed by atoms with E-state index in [1.54, 1.807) is 35.3 Å². The van der Waals surface area contributed by atoms with Gasteiger partial charge in [-0.2, -0.15) is 0 Å². The molecule has 0 fully saturated rings. The topological polar surface area (TPSA) is 95.3 Å². The molecule has 0 unspecified atom stereocenters. The Morgan fingerprint density at radius 2 is 1.92 bits per heavy atom. The maximum Gasteiger partial charge on any atom is 0.328 e. The number of aromatic nitrogens is 2. The van der Waals surface area contributed by atoms with Crippen LogP contribution in [0.3, 0.4) is 0 Å². The minimum absolute atomic E-state index is 0.139. The quantitative estimate of drug-likeness (QED) is 0.690. The lowest BCUT2D eigenvalue weighted by Gasteiger charge is -2.22. The van der Waals surface area contributed by atoms with Gasteiger partial charge in [0.25, 0.3) is 11.5 Å². The third-order valence-electron chi connectivity index (χ3n) is 3.88. The SMILES string of the molecule is C=CCN(CC=C)C(=O)c1ccc2c(c1)Cc1c([nH]c(=O)[nH]c1=O)O2. The van der Waals surface area contributed by atoms with Gasteiger partial charge in [0.05, 0.1) is 5.56 Å². The van der Waals surface area contributed by atoms with Crippen LogP contribution in [0.15, 0.2) is 53.1 Å². The standard InChI is InChI=1S/C18H17N3O4/c1-3-7-21(8-4-2)17(23)11-5-6-14-12(9-11)10-13-15(22)19-18(24)20-16(13)25-14/h3-6,9H,1-2,7-8,10H2,(H2,19,20,22,24). The zero-order valence-corrected chi connectivity index (χ0v) is 13.5. The first-order valence-corrected chi connectivity index (χ1v) is 7.70. The van der Waals surface area contributed by atoms with E-state index < -0.39 is 11.2 Å². The number of ether oxygens (including phenoxy) is 1. The number of carbonyl (C=O) groups excluding carboxylic acids is 1. The summed E-state index contributed by atoms with van der Waals surface area (Å²) < 4.78 is 5.60. The molecule has 1 aromatic heterocycles. The second-order valence-electron chi connectivity index (χ2n) is 5.60. The molecule has 2 aromatic rings. The molecule has 0 atom stereocenters. The third kappa shape index (κ3) is 3.16. The van der Waals surface area contributed by atoms with E-state index in [0.717, 1.165) is 0 Å². The number of carbonyl (C=O) groups is 1. The molecule has 0 aliphatic carbocycles. The summed E-state index contributed by atoms with van der Waals surface area (Å²) in [7, 11) is 0. The van der Waals surface area contributed by atoms with Gasteiger partial charge in [-0.3, -0.25) is 19.6 Å². The number of nitrogens with one attached hydrogen (secondary N) is 2. The van der Waals surface area contributed by atoms with E-state index in [9.17, 15) is 14.4 Å². The van der Waals surface area contributed by atoms with E-state index in [0.29, 0.717) is 35.5 Å². The van der Waals surface area contributed by atoms with Crippen molar-refractivity contribution in [3.63, 3.8) is 0 Å². The second-order valence-corrected chi connectivity index (χ2v) is 5.60. The van der Waals surface area contributed by atoms with Crippen molar-refractivity contribution in [3.8, 4) is 11.6 Å². The van der Waals surface area contributed by atoms with Gasteiger partial charge in [0.15, 0.2) is 0 Å². The Balaban J connectivity index is 1.95. The number of amides is 1. The Hall–Kier alpha value is -3.35. The highest BCUT2D eigenvalue weighted by molar-refractivity contribution is 5.95. The number of nitrogens with zero attached hydrogens (tertiary/aromatic N) is 1. The number of hydrogen-bond acceptors (Lipinski definition) is 4. The van der Waals surface area contributed by atoms with Crippen molar-refractivity contribution in [2.24, 2.45) is 0 Å². The molecule has 2 N–H and O–H groups in total. The summed E-state index contributed by atoms with van der Waals surface area (Å²) >= 11 is 0. The Morgan fingerprint density at radius 3 is 2.60 bits per heavy atom. The molecule has 128 valence electrons. The fourth-order valence-electron chi connectivity index (χ4n) is 2.72. The van der Waals surface area contributed by atoms with Crippen molar-refractivity contribution < 1.29 is 9.53 Å². The normalized spacial score (nSPS) is 11.7. The molecule has 0 saturated carbocycles. The van der Waals surface area contributed by atoms with Gasteiger partial charge in [0.1, 0.15) is 5.75 Å². The van der Waals surface area contributed by atoms with E-state index in [1.807, 2.05) is 0 Å². The zero-order valence-electron chi connectivity index (χ0n) is 13.5. The summed E-state index contributed by atoms with van der Waals surface area (Å²) in [5.41, 5.74) is 0.388. The average Bonchev–Trinajstić information content (AvgIpc) is 2.59. The van der Waals surface area contributed by atoms with Gasteiger partial charge in [-0.15, -0.1) is 13.2 Å². The Bertz CT molecular complexity index is 961. The number of benzene rings is 1. The summed E-state index contributed by atoms with van der Waals surface area (Å²) in [6.07, 6.45) is 3.56. The van der Waals surface area contributed by atoms with Gasteiger partial charge in [-0.1, -0.05) is 12.2 Å². The van der Waals surface area contributed by atoms with Crippen molar-refractivity contribution in [1.29, 1.82) is 0 Å². The van der Waals surface area contributed by atoms with Crippen LogP contribution in [0.5, 0.6) is 11.6 Å². The lowest BCUT2D eigenvalue weighted by molar-refractivity contribution is 0.0790. The first-order chi connectivity index (χ1) is 12.0. The van der Waals surface area contributed by atoms with Crippen molar-refractivity contribution >= 4 is 5.91 Å². The molecule has 0 bridgehead atoms. The minimum atomic E-state index is -0.622. The van der Waals surface area contributed by atoms with Gasteiger partial charge in [-0.05, 0) is 18.2 Å². The molecule has 0 spiro atoms. The highest BCUT2D eigenvalue weighted by Gasteiger charge is 2.23. The van der Waals surface area contributed by atoms with Gasteiger partial charge in [0, 0.05) is 30.6 Å². The number of H-pyrrole nitrogens is 2. The molecule has 0 radical (unpaired) electrons. The molecule has 7 nitrogen and oxygen atoms in total. The zero-order chi connectivity index (χ0) is 18.0. The smallest absolute Gasteiger partial charge is 0.328 e. The molecule has 1 aromatic carbocycles. The molecule has 3 rings (SSSR count). The molecule has 25 heavy (non-hydrogen) atoms. The van der Waals surface area contributed by atoms with Crippen molar-refractivity contribution in [3.05, 3.63) is 81.0 Å². The fraction of sp³-hybridized carbons (Fsp3) is 0.167. The maximum absolute atomic E-state index is 12.6. The average molecular weight is 339 g/mol. The largest absolute Gasteiger partial charge is 0.440 e. The van der Waals surface area contributed by atoms with Crippen LogP contribution in [-0.2, 0) is 6.42 Å². The molecule has 1 aliphatic heterocycles. The predicted octanol–water partition coefficient (Wildman–Crippen LogP) is 1.57. The maximum atomic E-state index is 12.6. The van der Waals surface area contributed by atoms with Crippen LogP contribution in [0.4, 0.5) is 0 Å². The van der Waals surface area contributed by atoms with Crippen LogP contribution in [0.1, 0.15) is 21.5 Å². The van der Waals surface area contributed by atoms with Crippen molar-refractivity contribution in [1.82, 2.24) is 14.9 Å². The first-order valence-electron chi connectivity index (χ1n) is 7.70. The Labute approximate surface area is 143 Å². The van der Waals surface area contributed by atoms with Crippen molar-refractivity contribution in [2.75, 3.05) is 13.1 Å². The predicted molar refractivity (Wildman–Crippen MR) is 93.3 cm³/mol. The van der Waals surface area contributed by atoms with Gasteiger partial charge < -0.3 is 9.64 Å². The van der Waals surface area contributed by atoms with Crippen molar-refractivity contribution in [2.45, 2.75) is 6.42 Å². The molecular formula is C18H17N3O4. The minimum Gasteiger partial charge on any atom is -0.440 e. The van der Waals surface area contributed by atoms with Crippen LogP contribution >= 0.6 is 0 Å². The number of hydrogen-bond donors (Lipinski definition) is 2. The lowest BCUT2D eigenvalue weighted by atomic mass is 10.0. The summed E-state index contributed by atoms with van der Waals surface area (Å²) in [6.45, 7) is 8.12. The van der Waals surface area contributed by atoms with Crippen LogP contribution in [0, 0.1) is 0 Å². The Morgan fingerprint density at radius 1 is 1.20 bits per heavy atom. The van der Waals surface area contributed by atoms with Crippen LogP contribution < -0.4 is 16.0 Å². The second kappa shape index (κ2) is 6.64. The van der Waals surface area contributed by atoms with Gasteiger partial charge in [-0.25, -0.2) is 4.79 Å². The van der Waals surface area contributed by atoms with Crippen LogP contribution in [0.25, 0.3) is 0 Å². The van der Waals surface area contributed by atoms with Crippen LogP contribution in [0.2, 0.25) is 0 Å². The van der Waals surface area contributed by atoms with Crippen LogP contribution in [-0.4, -0.2) is 33.9 Å². The molecule has 0 saturated heterocycles. The number of rotatable bonds is 5. The summed E-state index contributed by atoms with van der Waals surface area (Å²) in [5, 5.41) is 0. The van der Waals surface area contributed by atoms with E-state index >= 15 is 0 Å². The molecule has 7 heteroatoms. The molecular weight excluding hydrogens is 322 g/mol. The monoisotopic (exact) mass is 339 g/mol. The molecule has 2 heterocycles. The van der Waals surface area contributed by atoms with E-state index in [4.69, 9.17) is 4.74 Å². The van der Waals surface area contributed by atoms with Gasteiger partial charge in [0.2, 0.25) is 5.88 Å². The molecule has 1 aliphatic rings. The highest BCUT2D eigenvalue weighted by atomic mass is 16.5. The summed E-state index contributed by atoms with van der Waals surface area (Å²) in [4.78, 5) is 42.2.